The number of hydrogen-bond donors (Lipinski definition) is 2. The standard InChI is InChI=1S/C11H13N3O/c1-14-8(6-12)7-13-11(14)9-4-2-3-5-10(9)15/h2-5,7,15H,6,12H2,1H3. The smallest absolute Gasteiger partial charge is 0.143 e. The first-order valence-electron chi connectivity index (χ1n) is 4.73. The van der Waals surface area contributed by atoms with Crippen molar-refractivity contribution in [3.8, 4) is 17.1 Å². The molecule has 0 aliphatic carbocycles. The van der Waals surface area contributed by atoms with Crippen LogP contribution in [0, 0.1) is 0 Å². The summed E-state index contributed by atoms with van der Waals surface area (Å²) in [5.41, 5.74) is 7.22. The fourth-order valence-corrected chi connectivity index (χ4v) is 1.55. The zero-order valence-electron chi connectivity index (χ0n) is 8.51. The third-order valence-corrected chi connectivity index (χ3v) is 2.44. The Morgan fingerprint density at radius 2 is 2.13 bits per heavy atom. The van der Waals surface area contributed by atoms with Crippen molar-refractivity contribution in [1.82, 2.24) is 9.55 Å². The number of nitrogens with two attached hydrogens (primary N) is 1. The zero-order chi connectivity index (χ0) is 10.8. The van der Waals surface area contributed by atoms with Gasteiger partial charge in [-0.25, -0.2) is 4.98 Å². The molecule has 0 fully saturated rings. The molecule has 0 aliphatic heterocycles. The molecule has 0 amide bonds. The Kier molecular flexibility index (Phi) is 2.43. The molecule has 0 unspecified atom stereocenters. The van der Waals surface area contributed by atoms with E-state index in [9.17, 15) is 5.11 Å². The Bertz CT molecular complexity index is 476. The summed E-state index contributed by atoms with van der Waals surface area (Å²) in [5, 5.41) is 9.69. The quantitative estimate of drug-likeness (QED) is 0.772. The highest BCUT2D eigenvalue weighted by molar-refractivity contribution is 5.64. The second kappa shape index (κ2) is 3.74. The molecular weight excluding hydrogens is 190 g/mol. The van der Waals surface area contributed by atoms with Crippen LogP contribution in [0.15, 0.2) is 30.5 Å². The number of phenolic OH excluding ortho intramolecular Hbond substituents is 1. The molecule has 2 rings (SSSR count). The van der Waals surface area contributed by atoms with E-state index in [0.717, 1.165) is 17.1 Å². The highest BCUT2D eigenvalue weighted by Gasteiger charge is 2.10. The number of imidazole rings is 1. The lowest BCUT2D eigenvalue weighted by Crippen LogP contribution is -2.04. The maximum atomic E-state index is 9.69. The van der Waals surface area contributed by atoms with Crippen LogP contribution in [0.4, 0.5) is 0 Å². The van der Waals surface area contributed by atoms with Gasteiger partial charge >= 0.3 is 0 Å². The van der Waals surface area contributed by atoms with Crippen LogP contribution in [-0.2, 0) is 13.6 Å². The minimum Gasteiger partial charge on any atom is -0.507 e. The van der Waals surface area contributed by atoms with Crippen molar-refractivity contribution in [2.75, 3.05) is 0 Å². The van der Waals surface area contributed by atoms with Crippen LogP contribution < -0.4 is 5.73 Å². The van der Waals surface area contributed by atoms with E-state index >= 15 is 0 Å². The number of hydrogen-bond acceptors (Lipinski definition) is 3. The van der Waals surface area contributed by atoms with Gasteiger partial charge in [0.15, 0.2) is 0 Å². The van der Waals surface area contributed by atoms with Crippen LogP contribution in [-0.4, -0.2) is 14.7 Å². The molecule has 15 heavy (non-hydrogen) atoms. The van der Waals surface area contributed by atoms with Crippen LogP contribution >= 0.6 is 0 Å². The summed E-state index contributed by atoms with van der Waals surface area (Å²) in [6, 6.07) is 7.13. The first-order valence-corrected chi connectivity index (χ1v) is 4.73. The molecule has 1 aromatic heterocycles. The van der Waals surface area contributed by atoms with Gasteiger partial charge in [0.2, 0.25) is 0 Å². The van der Waals surface area contributed by atoms with Gasteiger partial charge in [0.1, 0.15) is 11.6 Å². The highest BCUT2D eigenvalue weighted by Crippen LogP contribution is 2.27. The lowest BCUT2D eigenvalue weighted by molar-refractivity contribution is 0.476. The first-order chi connectivity index (χ1) is 7.24. The van der Waals surface area contributed by atoms with Gasteiger partial charge in [-0.3, -0.25) is 0 Å². The van der Waals surface area contributed by atoms with E-state index in [1.807, 2.05) is 23.7 Å². The summed E-state index contributed by atoms with van der Waals surface area (Å²) in [4.78, 5) is 4.24. The minimum absolute atomic E-state index is 0.231. The maximum Gasteiger partial charge on any atom is 0.143 e. The normalized spacial score (nSPS) is 10.5. The first kappa shape index (κ1) is 9.73. The second-order valence-corrected chi connectivity index (χ2v) is 3.35. The molecule has 1 heterocycles. The van der Waals surface area contributed by atoms with Crippen LogP contribution in [0.2, 0.25) is 0 Å². The lowest BCUT2D eigenvalue weighted by atomic mass is 10.2. The Balaban J connectivity index is 2.55. The summed E-state index contributed by atoms with van der Waals surface area (Å²) >= 11 is 0. The molecule has 3 N–H and O–H groups in total. The topological polar surface area (TPSA) is 64.1 Å². The molecule has 0 spiro atoms. The SMILES string of the molecule is Cn1c(CN)cnc1-c1ccccc1O. The molecule has 4 heteroatoms. The van der Waals surface area contributed by atoms with Crippen LogP contribution in [0.1, 0.15) is 5.69 Å². The molecule has 0 saturated carbocycles. The summed E-state index contributed by atoms with van der Waals surface area (Å²) in [6.07, 6.45) is 1.72. The summed E-state index contributed by atoms with van der Waals surface area (Å²) in [6.45, 7) is 0.442. The maximum absolute atomic E-state index is 9.69. The Morgan fingerprint density at radius 1 is 1.40 bits per heavy atom. The van der Waals surface area contributed by atoms with E-state index in [1.165, 1.54) is 0 Å². The molecule has 4 nitrogen and oxygen atoms in total. The largest absolute Gasteiger partial charge is 0.507 e. The van der Waals surface area contributed by atoms with Gasteiger partial charge in [-0.2, -0.15) is 0 Å². The van der Waals surface area contributed by atoms with Crippen molar-refractivity contribution < 1.29 is 5.11 Å². The second-order valence-electron chi connectivity index (χ2n) is 3.35. The minimum atomic E-state index is 0.231. The number of aromatic nitrogens is 2. The van der Waals surface area contributed by atoms with E-state index in [-0.39, 0.29) is 5.75 Å². The van der Waals surface area contributed by atoms with Gasteiger partial charge in [0.25, 0.3) is 0 Å². The average Bonchev–Trinajstić information content (AvgIpc) is 2.60. The van der Waals surface area contributed by atoms with Gasteiger partial charge in [0, 0.05) is 13.6 Å². The molecule has 0 aliphatic rings. The van der Waals surface area contributed by atoms with Crippen molar-refractivity contribution in [3.63, 3.8) is 0 Å². The number of nitrogens with zero attached hydrogens (tertiary/aromatic N) is 2. The molecule has 0 bridgehead atoms. The van der Waals surface area contributed by atoms with Crippen molar-refractivity contribution in [2.45, 2.75) is 6.54 Å². The van der Waals surface area contributed by atoms with Crippen molar-refractivity contribution in [1.29, 1.82) is 0 Å². The molecule has 0 radical (unpaired) electrons. The highest BCUT2D eigenvalue weighted by atomic mass is 16.3. The van der Waals surface area contributed by atoms with Crippen molar-refractivity contribution in [3.05, 3.63) is 36.2 Å². The van der Waals surface area contributed by atoms with Gasteiger partial charge < -0.3 is 15.4 Å². The van der Waals surface area contributed by atoms with E-state index in [0.29, 0.717) is 6.54 Å². The Labute approximate surface area is 88.0 Å². The van der Waals surface area contributed by atoms with Crippen LogP contribution in [0.25, 0.3) is 11.4 Å². The zero-order valence-corrected chi connectivity index (χ0v) is 8.51. The molecular formula is C11H13N3O. The van der Waals surface area contributed by atoms with E-state index < -0.39 is 0 Å². The molecule has 0 saturated heterocycles. The van der Waals surface area contributed by atoms with Crippen LogP contribution in [0.5, 0.6) is 5.75 Å². The Morgan fingerprint density at radius 3 is 2.73 bits per heavy atom. The van der Waals surface area contributed by atoms with Crippen LogP contribution in [0.3, 0.4) is 0 Å². The van der Waals surface area contributed by atoms with Crippen molar-refractivity contribution in [2.24, 2.45) is 12.8 Å². The third-order valence-electron chi connectivity index (χ3n) is 2.44. The number of benzene rings is 1. The molecule has 2 aromatic rings. The summed E-state index contributed by atoms with van der Waals surface area (Å²) in [7, 11) is 1.89. The number of para-hydroxylation sites is 1. The monoisotopic (exact) mass is 203 g/mol. The average molecular weight is 203 g/mol. The van der Waals surface area contributed by atoms with E-state index in [1.54, 1.807) is 18.3 Å². The predicted octanol–water partition coefficient (Wildman–Crippen LogP) is 1.25. The van der Waals surface area contributed by atoms with Gasteiger partial charge in [-0.15, -0.1) is 0 Å². The van der Waals surface area contributed by atoms with Gasteiger partial charge in [-0.1, -0.05) is 12.1 Å². The third kappa shape index (κ3) is 1.59. The fourth-order valence-electron chi connectivity index (χ4n) is 1.55. The number of rotatable bonds is 2. The fraction of sp³-hybridized carbons (Fsp3) is 0.182. The van der Waals surface area contributed by atoms with Crippen molar-refractivity contribution >= 4 is 0 Å². The summed E-state index contributed by atoms with van der Waals surface area (Å²) in [5.74, 6) is 0.961. The molecule has 78 valence electrons. The number of aromatic hydroxyl groups is 1. The van der Waals surface area contributed by atoms with E-state index in [4.69, 9.17) is 5.73 Å². The van der Waals surface area contributed by atoms with Gasteiger partial charge in [-0.05, 0) is 12.1 Å². The Hall–Kier alpha value is -1.81. The van der Waals surface area contributed by atoms with Gasteiger partial charge in [0.05, 0.1) is 17.5 Å². The lowest BCUT2D eigenvalue weighted by Gasteiger charge is -2.05. The predicted molar refractivity (Wildman–Crippen MR) is 58.2 cm³/mol. The molecule has 1 aromatic carbocycles. The summed E-state index contributed by atoms with van der Waals surface area (Å²) < 4.78 is 1.88. The number of phenols is 1. The van der Waals surface area contributed by atoms with E-state index in [2.05, 4.69) is 4.98 Å². The molecule has 0 atom stereocenters.